The second-order valence-electron chi connectivity index (χ2n) is 5.33. The fourth-order valence-corrected chi connectivity index (χ4v) is 3.73. The molecule has 0 N–H and O–H groups in total. The van der Waals surface area contributed by atoms with Gasteiger partial charge in [0.25, 0.3) is 0 Å². The minimum Gasteiger partial charge on any atom is -0.349 e. The summed E-state index contributed by atoms with van der Waals surface area (Å²) in [5, 5.41) is 4.25. The van der Waals surface area contributed by atoms with Gasteiger partial charge >= 0.3 is 0 Å². The third-order valence-corrected chi connectivity index (χ3v) is 4.96. The quantitative estimate of drug-likeness (QED) is 0.626. The Balaban J connectivity index is 1.74. The predicted octanol–water partition coefficient (Wildman–Crippen LogP) is 3.99. The maximum absolute atomic E-state index is 4.76. The summed E-state index contributed by atoms with van der Waals surface area (Å²) in [5.74, 6) is 0.983. The number of rotatable bonds is 2. The maximum atomic E-state index is 4.76. The highest BCUT2D eigenvalue weighted by atomic mass is 79.9. The Hall–Kier alpha value is -1.47. The summed E-state index contributed by atoms with van der Waals surface area (Å²) in [4.78, 5) is 11.4. The molecule has 0 bridgehead atoms. The van der Waals surface area contributed by atoms with Crippen LogP contribution < -0.4 is 4.90 Å². The molecule has 0 amide bonds. The Kier molecular flexibility index (Phi) is 3.62. The number of anilines is 1. The number of aromatic nitrogens is 4. The van der Waals surface area contributed by atoms with Crippen molar-refractivity contribution >= 4 is 43.3 Å². The summed E-state index contributed by atoms with van der Waals surface area (Å²) in [6.07, 6.45) is 9.76. The summed E-state index contributed by atoms with van der Waals surface area (Å²) in [6, 6.07) is 4.49. The fourth-order valence-electron chi connectivity index (χ4n) is 2.99. The molecule has 3 aromatic heterocycles. The molecular weight excluding hydrogens is 410 g/mol. The molecule has 1 saturated heterocycles. The summed E-state index contributed by atoms with van der Waals surface area (Å²) >= 11 is 7.01. The molecule has 7 heteroatoms. The third-order valence-electron chi connectivity index (χ3n) is 3.97. The molecule has 1 unspecified atom stereocenters. The van der Waals surface area contributed by atoms with Gasteiger partial charge in [-0.1, -0.05) is 0 Å². The van der Waals surface area contributed by atoms with Crippen LogP contribution in [0.5, 0.6) is 0 Å². The zero-order valence-corrected chi connectivity index (χ0v) is 14.8. The number of hydrogen-bond acceptors (Lipinski definition) is 4. The summed E-state index contributed by atoms with van der Waals surface area (Å²) in [5.41, 5.74) is 2.07. The van der Waals surface area contributed by atoms with Crippen molar-refractivity contribution in [2.24, 2.45) is 0 Å². The van der Waals surface area contributed by atoms with Gasteiger partial charge < -0.3 is 4.90 Å². The Morgan fingerprint density at radius 2 is 2.09 bits per heavy atom. The van der Waals surface area contributed by atoms with Crippen molar-refractivity contribution < 1.29 is 0 Å². The van der Waals surface area contributed by atoms with Crippen LogP contribution in [0.3, 0.4) is 0 Å². The van der Waals surface area contributed by atoms with E-state index >= 15 is 0 Å². The van der Waals surface area contributed by atoms with Crippen LogP contribution in [0.2, 0.25) is 0 Å². The normalized spacial score (nSPS) is 18.3. The Labute approximate surface area is 144 Å². The molecule has 4 rings (SSSR count). The number of fused-ring (bicyclic) bond motifs is 1. The van der Waals surface area contributed by atoms with Crippen molar-refractivity contribution in [2.45, 2.75) is 18.9 Å². The molecule has 22 heavy (non-hydrogen) atoms. The number of pyridine rings is 1. The van der Waals surface area contributed by atoms with Crippen LogP contribution in [0.1, 0.15) is 24.4 Å². The Morgan fingerprint density at radius 3 is 2.95 bits per heavy atom. The summed E-state index contributed by atoms with van der Waals surface area (Å²) in [6.45, 7) is 1.01. The van der Waals surface area contributed by atoms with Crippen molar-refractivity contribution in [1.82, 2.24) is 19.6 Å². The van der Waals surface area contributed by atoms with Crippen LogP contribution in [-0.2, 0) is 0 Å². The molecule has 3 aromatic rings. The monoisotopic (exact) mass is 421 g/mol. The lowest BCUT2D eigenvalue weighted by Crippen LogP contribution is -2.23. The van der Waals surface area contributed by atoms with Gasteiger partial charge in [0.1, 0.15) is 5.82 Å². The van der Waals surface area contributed by atoms with Crippen molar-refractivity contribution in [2.75, 3.05) is 11.4 Å². The summed E-state index contributed by atoms with van der Waals surface area (Å²) in [7, 11) is 0. The van der Waals surface area contributed by atoms with Gasteiger partial charge in [-0.2, -0.15) is 5.10 Å². The van der Waals surface area contributed by atoms with E-state index < -0.39 is 0 Å². The predicted molar refractivity (Wildman–Crippen MR) is 91.9 cm³/mol. The molecule has 0 aliphatic carbocycles. The first-order valence-electron chi connectivity index (χ1n) is 7.09. The lowest BCUT2D eigenvalue weighted by molar-refractivity contribution is 0.706. The highest BCUT2D eigenvalue weighted by Gasteiger charge is 2.27. The van der Waals surface area contributed by atoms with E-state index in [1.54, 1.807) is 10.7 Å². The van der Waals surface area contributed by atoms with E-state index in [1.807, 2.05) is 24.7 Å². The van der Waals surface area contributed by atoms with E-state index in [1.165, 1.54) is 5.56 Å². The van der Waals surface area contributed by atoms with E-state index in [-0.39, 0.29) is 0 Å². The second kappa shape index (κ2) is 5.62. The van der Waals surface area contributed by atoms with Crippen LogP contribution >= 0.6 is 31.9 Å². The first kappa shape index (κ1) is 14.1. The highest BCUT2D eigenvalue weighted by Crippen LogP contribution is 2.36. The number of hydrogen-bond donors (Lipinski definition) is 0. The molecule has 0 radical (unpaired) electrons. The average molecular weight is 423 g/mol. The number of nitrogens with zero attached hydrogens (tertiary/aromatic N) is 5. The maximum Gasteiger partial charge on any atom is 0.171 e. The van der Waals surface area contributed by atoms with Crippen molar-refractivity contribution in [3.63, 3.8) is 0 Å². The third kappa shape index (κ3) is 2.42. The molecule has 0 saturated carbocycles. The van der Waals surface area contributed by atoms with Crippen LogP contribution in [0.4, 0.5) is 5.82 Å². The standard InChI is InChI=1S/C15H13Br2N5/c16-11-6-10(7-18-8-11)13-2-1-4-21(13)14-3-5-22-15(20-14)12(17)9-19-22/h3,5-9,13H,1-2,4H2. The van der Waals surface area contributed by atoms with Crippen LogP contribution in [0.15, 0.2) is 45.9 Å². The minimum absolute atomic E-state index is 0.321. The van der Waals surface area contributed by atoms with Gasteiger partial charge in [-0.15, -0.1) is 0 Å². The van der Waals surface area contributed by atoms with E-state index in [0.29, 0.717) is 6.04 Å². The van der Waals surface area contributed by atoms with Crippen molar-refractivity contribution in [3.8, 4) is 0 Å². The van der Waals surface area contributed by atoms with Gasteiger partial charge in [-0.05, 0) is 62.4 Å². The van der Waals surface area contributed by atoms with Gasteiger partial charge in [-0.3, -0.25) is 4.98 Å². The van der Waals surface area contributed by atoms with Gasteiger partial charge in [0.15, 0.2) is 5.65 Å². The Bertz CT molecular complexity index is 832. The first-order chi connectivity index (χ1) is 10.7. The second-order valence-corrected chi connectivity index (χ2v) is 7.10. The molecule has 1 fully saturated rings. The average Bonchev–Trinajstić information content (AvgIpc) is 3.14. The lowest BCUT2D eigenvalue weighted by Gasteiger charge is -2.26. The zero-order chi connectivity index (χ0) is 15.1. The van der Waals surface area contributed by atoms with Gasteiger partial charge in [0.05, 0.1) is 16.7 Å². The molecule has 1 atom stereocenters. The molecule has 1 aliphatic heterocycles. The van der Waals surface area contributed by atoms with Crippen molar-refractivity contribution in [1.29, 1.82) is 0 Å². The molecule has 4 heterocycles. The molecule has 5 nitrogen and oxygen atoms in total. The Morgan fingerprint density at radius 1 is 1.18 bits per heavy atom. The molecule has 1 aliphatic rings. The van der Waals surface area contributed by atoms with E-state index in [2.05, 4.69) is 52.9 Å². The zero-order valence-electron chi connectivity index (χ0n) is 11.7. The summed E-state index contributed by atoms with van der Waals surface area (Å²) < 4.78 is 3.70. The van der Waals surface area contributed by atoms with Crippen LogP contribution in [0, 0.1) is 0 Å². The molecule has 112 valence electrons. The van der Waals surface area contributed by atoms with Gasteiger partial charge in [0, 0.05) is 29.6 Å². The highest BCUT2D eigenvalue weighted by molar-refractivity contribution is 9.10. The van der Waals surface area contributed by atoms with Gasteiger partial charge in [-0.25, -0.2) is 9.50 Å². The molecular formula is C15H13Br2N5. The first-order valence-corrected chi connectivity index (χ1v) is 8.68. The topological polar surface area (TPSA) is 46.3 Å². The van der Waals surface area contributed by atoms with Crippen LogP contribution in [-0.4, -0.2) is 26.1 Å². The smallest absolute Gasteiger partial charge is 0.171 e. The van der Waals surface area contributed by atoms with Crippen molar-refractivity contribution in [3.05, 3.63) is 51.4 Å². The minimum atomic E-state index is 0.321. The number of halogens is 2. The van der Waals surface area contributed by atoms with E-state index in [4.69, 9.17) is 4.98 Å². The molecule has 0 spiro atoms. The SMILES string of the molecule is Brc1cncc(C2CCCN2c2ccn3ncc(Br)c3n2)c1. The molecule has 0 aromatic carbocycles. The van der Waals surface area contributed by atoms with Gasteiger partial charge in [0.2, 0.25) is 0 Å². The van der Waals surface area contributed by atoms with Crippen LogP contribution in [0.25, 0.3) is 5.65 Å². The largest absolute Gasteiger partial charge is 0.349 e. The fraction of sp³-hybridized carbons (Fsp3) is 0.267. The van der Waals surface area contributed by atoms with E-state index in [0.717, 1.165) is 39.8 Å². The van der Waals surface area contributed by atoms with E-state index in [9.17, 15) is 0 Å². The lowest BCUT2D eigenvalue weighted by atomic mass is 10.1.